The van der Waals surface area contributed by atoms with Crippen LogP contribution in [0.5, 0.6) is 0 Å². The number of carbonyl (C=O) groups is 4. The highest BCUT2D eigenvalue weighted by atomic mass is 28.4. The molecule has 6 rings (SSSR count). The summed E-state index contributed by atoms with van der Waals surface area (Å²) in [4.78, 5) is 56.0. The van der Waals surface area contributed by atoms with Crippen LogP contribution in [0, 0.1) is 16.7 Å². The number of fused-ring (bicyclic) bond motifs is 8. The molecule has 1 aromatic rings. The molecule has 5 aliphatic rings. The lowest BCUT2D eigenvalue weighted by molar-refractivity contribution is -0.345. The fourth-order valence-corrected chi connectivity index (χ4v) is 14.2. The molecular weight excluding hydrogens is 827 g/mol. The monoisotopic (exact) mass is 897 g/mol. The van der Waals surface area contributed by atoms with Gasteiger partial charge in [-0.2, -0.15) is 0 Å². The van der Waals surface area contributed by atoms with E-state index in [-0.39, 0.29) is 18.6 Å². The molecule has 4 fully saturated rings. The fourth-order valence-electron chi connectivity index (χ4n) is 11.4. The maximum Gasteiger partial charge on any atom is 0.407 e. The van der Waals surface area contributed by atoms with Crippen LogP contribution in [-0.2, 0) is 47.2 Å². The highest BCUT2D eigenvalue weighted by molar-refractivity contribution is 6.73. The first kappa shape index (κ1) is 48.8. The predicted octanol–water partition coefficient (Wildman–Crippen LogP) is 7.72. The van der Waals surface area contributed by atoms with Crippen molar-refractivity contribution in [2.24, 2.45) is 16.7 Å². The summed E-state index contributed by atoms with van der Waals surface area (Å²) >= 11 is 0. The van der Waals surface area contributed by atoms with Gasteiger partial charge in [-0.25, -0.2) is 14.4 Å². The van der Waals surface area contributed by atoms with Crippen LogP contribution >= 0.6 is 0 Å². The molecule has 0 radical (unpaired) electrons. The number of aliphatic hydroxyl groups is 1. The van der Waals surface area contributed by atoms with Crippen LogP contribution in [-0.4, -0.2) is 110 Å². The molecule has 1 amide bonds. The van der Waals surface area contributed by atoms with Gasteiger partial charge >= 0.3 is 24.0 Å². The lowest BCUT2D eigenvalue weighted by Gasteiger charge is -2.68. The first-order chi connectivity index (χ1) is 29.5. The molecular formula is C48H71NO13Si. The Balaban J connectivity index is 1.54. The first-order valence-electron chi connectivity index (χ1n) is 22.8. The summed E-state index contributed by atoms with van der Waals surface area (Å²) in [6.45, 7) is 26.3. The van der Waals surface area contributed by atoms with Gasteiger partial charge in [0.25, 0.3) is 0 Å². The second kappa shape index (κ2) is 18.0. The van der Waals surface area contributed by atoms with E-state index in [0.717, 1.165) is 18.1 Å². The predicted molar refractivity (Wildman–Crippen MR) is 236 cm³/mol. The van der Waals surface area contributed by atoms with Crippen LogP contribution in [0.1, 0.15) is 119 Å². The minimum atomic E-state index is -2.54. The smallest absolute Gasteiger partial charge is 0.407 e. The van der Waals surface area contributed by atoms with Gasteiger partial charge in [0.1, 0.15) is 35.6 Å². The Morgan fingerprint density at radius 2 is 1.67 bits per heavy atom. The normalized spacial score (nSPS) is 34.3. The van der Waals surface area contributed by atoms with Gasteiger partial charge in [-0.3, -0.25) is 4.79 Å². The Bertz CT molecular complexity index is 1920. The Kier molecular flexibility index (Phi) is 14.0. The molecule has 2 saturated carbocycles. The van der Waals surface area contributed by atoms with Crippen molar-refractivity contribution < 1.29 is 61.9 Å². The molecule has 1 aromatic carbocycles. The summed E-state index contributed by atoms with van der Waals surface area (Å²) in [5, 5.41) is 16.9. The van der Waals surface area contributed by atoms with Gasteiger partial charge in [-0.15, -0.1) is 0 Å². The molecule has 2 N–H and O–H groups in total. The summed E-state index contributed by atoms with van der Waals surface area (Å²) in [7, 11) is -2.54. The SMILES string of the molecule is C=C[C@@H]1O[C@@H]2C3=C(C)[C@@H](OC(=O)[C@H](O[Si](CC)(CC)CC)[C@H](CC)NC(=O)OC(C)(C)C)C[C@@](O)([C@@H](OC(=O)c4ccccc4)[C@H]4[C@@](C)(CC[C@H]5OC[C@]54OC(C)=O)[C@@H]2O1)C3(C)C. The molecule has 15 heteroatoms. The number of hydrogen-bond donors (Lipinski definition) is 2. The number of amides is 1. The number of carbonyl (C=O) groups excluding carboxylic acids is 4. The van der Waals surface area contributed by atoms with Crippen molar-refractivity contribution >= 4 is 32.3 Å². The maximum absolute atomic E-state index is 15.1. The Morgan fingerprint density at radius 3 is 2.21 bits per heavy atom. The van der Waals surface area contributed by atoms with Gasteiger partial charge in [-0.05, 0) is 94.4 Å². The third kappa shape index (κ3) is 8.67. The molecule has 14 nitrogen and oxygen atoms in total. The third-order valence-corrected chi connectivity index (χ3v) is 19.6. The Hall–Kier alpha value is -3.60. The number of esters is 3. The van der Waals surface area contributed by atoms with Gasteiger partial charge in [0.2, 0.25) is 0 Å². The highest BCUT2D eigenvalue weighted by Gasteiger charge is 2.77. The highest BCUT2D eigenvalue weighted by Crippen LogP contribution is 2.66. The number of hydrogen-bond acceptors (Lipinski definition) is 13. The number of nitrogens with one attached hydrogen (secondary N) is 1. The zero-order valence-electron chi connectivity index (χ0n) is 39.4. The van der Waals surface area contributed by atoms with E-state index in [1.807, 2.05) is 34.6 Å². The number of benzene rings is 1. The van der Waals surface area contributed by atoms with E-state index in [1.165, 1.54) is 6.92 Å². The summed E-state index contributed by atoms with van der Waals surface area (Å²) < 4.78 is 52.0. The van der Waals surface area contributed by atoms with Gasteiger partial charge in [-0.1, -0.05) is 73.2 Å². The number of ether oxygens (including phenoxy) is 7. The Morgan fingerprint density at radius 1 is 1.02 bits per heavy atom. The van der Waals surface area contributed by atoms with Gasteiger partial charge in [0.05, 0.1) is 30.2 Å². The summed E-state index contributed by atoms with van der Waals surface area (Å²) in [6, 6.07) is 9.87. The van der Waals surface area contributed by atoms with E-state index in [0.29, 0.717) is 30.4 Å². The standard InChI is InChI=1S/C48H71NO13Si/c1-14-31(49-43(53)61-44(8,9)10)36(62-63(16-3,17-4)18-5)42(52)56-32-26-48(54)40(59-41(51)30-22-20-19-21-23-30)38-46(13,25-24-33-47(38,27-55-33)60-29(7)50)39-37(57-34(15-2)58-39)35(28(32)6)45(48,11)12/h15,19-23,31-34,36-40,54H,2,14,16-18,24-27H2,1,3-13H3,(H,49,53)/t31-,32-,33+,34+,36+,37+,38-,39+,40-,46+,47-,48+/m0/s1. The fraction of sp³-hybridized carbons (Fsp3) is 0.708. The molecule has 2 saturated heterocycles. The zero-order chi connectivity index (χ0) is 46.5. The van der Waals surface area contributed by atoms with Crippen LogP contribution in [0.4, 0.5) is 4.79 Å². The topological polar surface area (TPSA) is 174 Å². The molecule has 350 valence electrons. The second-order valence-corrected chi connectivity index (χ2v) is 24.7. The zero-order valence-corrected chi connectivity index (χ0v) is 40.4. The van der Waals surface area contributed by atoms with Crippen molar-refractivity contribution in [1.82, 2.24) is 5.32 Å². The van der Waals surface area contributed by atoms with Crippen LogP contribution in [0.3, 0.4) is 0 Å². The van der Waals surface area contributed by atoms with E-state index < -0.39 is 115 Å². The second-order valence-electron chi connectivity index (χ2n) is 20.0. The average Bonchev–Trinajstić information content (AvgIpc) is 3.65. The molecule has 63 heavy (non-hydrogen) atoms. The molecule has 2 heterocycles. The van der Waals surface area contributed by atoms with Crippen LogP contribution in [0.15, 0.2) is 54.1 Å². The van der Waals surface area contributed by atoms with Crippen molar-refractivity contribution in [3.63, 3.8) is 0 Å². The molecule has 12 atom stereocenters. The van der Waals surface area contributed by atoms with Crippen molar-refractivity contribution in [2.75, 3.05) is 6.61 Å². The van der Waals surface area contributed by atoms with E-state index in [4.69, 9.17) is 37.6 Å². The van der Waals surface area contributed by atoms with Crippen LogP contribution in [0.2, 0.25) is 18.1 Å². The van der Waals surface area contributed by atoms with Crippen LogP contribution < -0.4 is 5.32 Å². The largest absolute Gasteiger partial charge is 0.456 e. The minimum absolute atomic E-state index is 0.00331. The van der Waals surface area contributed by atoms with Crippen molar-refractivity contribution in [3.05, 3.63) is 59.7 Å². The van der Waals surface area contributed by atoms with Crippen molar-refractivity contribution in [1.29, 1.82) is 0 Å². The van der Waals surface area contributed by atoms with E-state index in [2.05, 4.69) is 32.7 Å². The molecule has 0 unspecified atom stereocenters. The third-order valence-electron chi connectivity index (χ3n) is 15.0. The molecule has 0 spiro atoms. The molecule has 2 bridgehead atoms. The molecule has 3 aliphatic carbocycles. The lowest BCUT2D eigenvalue weighted by atomic mass is 9.45. The first-order valence-corrected chi connectivity index (χ1v) is 25.3. The summed E-state index contributed by atoms with van der Waals surface area (Å²) in [5.41, 5.74) is -4.78. The summed E-state index contributed by atoms with van der Waals surface area (Å²) in [5.74, 6) is -2.86. The van der Waals surface area contributed by atoms with Gasteiger partial charge < -0.3 is 48.0 Å². The van der Waals surface area contributed by atoms with Crippen molar-refractivity contribution in [2.45, 2.75) is 193 Å². The van der Waals surface area contributed by atoms with E-state index in [1.54, 1.807) is 57.2 Å². The van der Waals surface area contributed by atoms with E-state index >= 15 is 4.79 Å². The van der Waals surface area contributed by atoms with Gasteiger partial charge in [0.15, 0.2) is 26.3 Å². The maximum atomic E-state index is 15.1. The number of alkyl carbamates (subject to hydrolysis) is 1. The number of rotatable bonds is 14. The Labute approximate surface area is 374 Å². The molecule has 2 aliphatic heterocycles. The van der Waals surface area contributed by atoms with Crippen molar-refractivity contribution in [3.8, 4) is 0 Å². The lowest BCUT2D eigenvalue weighted by Crippen LogP contribution is -2.79. The van der Waals surface area contributed by atoms with E-state index in [9.17, 15) is 19.5 Å². The minimum Gasteiger partial charge on any atom is -0.456 e. The summed E-state index contributed by atoms with van der Waals surface area (Å²) in [6.07, 6.45) is -4.69. The molecule has 0 aromatic heterocycles. The quantitative estimate of drug-likeness (QED) is 0.0805. The van der Waals surface area contributed by atoms with Crippen LogP contribution in [0.25, 0.3) is 0 Å². The average molecular weight is 898 g/mol. The van der Waals surface area contributed by atoms with Gasteiger partial charge in [0, 0.05) is 24.2 Å².